The molecule has 1 unspecified atom stereocenters. The number of fused-ring (bicyclic) bond motifs is 1. The fraction of sp³-hybridized carbons (Fsp3) is 0.500. The zero-order valence-corrected chi connectivity index (χ0v) is 20.0. The van der Waals surface area contributed by atoms with Crippen molar-refractivity contribution in [1.29, 1.82) is 0 Å². The lowest BCUT2D eigenvalue weighted by molar-refractivity contribution is 0.307. The average molecular weight is 455 g/mol. The molecular weight excluding hydrogens is 419 g/mol. The van der Waals surface area contributed by atoms with Crippen molar-refractivity contribution < 1.29 is 9.47 Å². The first kappa shape index (κ1) is 26.4. The van der Waals surface area contributed by atoms with E-state index in [-0.39, 0.29) is 24.8 Å². The molecule has 0 aliphatic heterocycles. The van der Waals surface area contributed by atoms with Crippen LogP contribution < -0.4 is 15.2 Å². The largest absolute Gasteiger partial charge is 0.493 e. The first-order valence-electron chi connectivity index (χ1n) is 10.4. The van der Waals surface area contributed by atoms with Gasteiger partial charge in [0.1, 0.15) is 0 Å². The summed E-state index contributed by atoms with van der Waals surface area (Å²) in [4.78, 5) is 2.45. The zero-order valence-electron chi connectivity index (χ0n) is 18.4. The van der Waals surface area contributed by atoms with Gasteiger partial charge in [-0.1, -0.05) is 12.1 Å². The number of nitrogen functional groups attached to an aromatic ring is 1. The standard InChI is InChI=1S/C24H34N2O2.2ClH/c1-26(14-12-18-7-10-22(25)11-8-18)13-4-5-19-6-9-20-16-23(27-2)24(28-3)17-21(20)15-19;;/h7-8,10-11,16-17,19H,4-6,9,12-15,25H2,1-3H3;2*1H. The number of nitrogens with two attached hydrogens (primary N) is 1. The normalized spacial score (nSPS) is 15.0. The molecule has 1 aliphatic carbocycles. The van der Waals surface area contributed by atoms with Crippen molar-refractivity contribution in [3.8, 4) is 11.5 Å². The predicted octanol–water partition coefficient (Wildman–Crippen LogP) is 5.19. The minimum Gasteiger partial charge on any atom is -0.493 e. The smallest absolute Gasteiger partial charge is 0.161 e. The average Bonchev–Trinajstić information content (AvgIpc) is 2.72. The van der Waals surface area contributed by atoms with Gasteiger partial charge in [-0.2, -0.15) is 0 Å². The van der Waals surface area contributed by atoms with Gasteiger partial charge in [-0.05, 0) is 99.0 Å². The Labute approximate surface area is 193 Å². The summed E-state index contributed by atoms with van der Waals surface area (Å²) in [6, 6.07) is 12.6. The lowest BCUT2D eigenvalue weighted by Gasteiger charge is -2.26. The topological polar surface area (TPSA) is 47.7 Å². The van der Waals surface area contributed by atoms with Crippen LogP contribution in [0.1, 0.15) is 36.0 Å². The minimum absolute atomic E-state index is 0. The van der Waals surface area contributed by atoms with Crippen LogP contribution in [0.15, 0.2) is 36.4 Å². The second-order valence-corrected chi connectivity index (χ2v) is 8.02. The Kier molecular flexibility index (Phi) is 11.4. The van der Waals surface area contributed by atoms with Crippen molar-refractivity contribution >= 4 is 30.5 Å². The Bertz CT molecular complexity index is 769. The fourth-order valence-electron chi connectivity index (χ4n) is 4.17. The molecule has 0 spiro atoms. The van der Waals surface area contributed by atoms with Gasteiger partial charge in [0.15, 0.2) is 11.5 Å². The highest BCUT2D eigenvalue weighted by Crippen LogP contribution is 2.36. The second-order valence-electron chi connectivity index (χ2n) is 8.02. The summed E-state index contributed by atoms with van der Waals surface area (Å²) in [5, 5.41) is 0. The number of likely N-dealkylation sites (N-methyl/N-ethyl adjacent to an activating group) is 1. The number of rotatable bonds is 9. The Balaban J connectivity index is 0.00000225. The summed E-state index contributed by atoms with van der Waals surface area (Å²) in [7, 11) is 5.65. The van der Waals surface area contributed by atoms with Gasteiger partial charge >= 0.3 is 0 Å². The third kappa shape index (κ3) is 7.26. The van der Waals surface area contributed by atoms with Gasteiger partial charge in [-0.3, -0.25) is 0 Å². The van der Waals surface area contributed by atoms with Crippen molar-refractivity contribution in [1.82, 2.24) is 4.90 Å². The van der Waals surface area contributed by atoms with E-state index < -0.39 is 0 Å². The molecule has 1 atom stereocenters. The Morgan fingerprint density at radius 3 is 2.23 bits per heavy atom. The lowest BCUT2D eigenvalue weighted by Crippen LogP contribution is -2.23. The van der Waals surface area contributed by atoms with Gasteiger partial charge in [0, 0.05) is 12.2 Å². The number of hydrogen-bond donors (Lipinski definition) is 1. The molecule has 0 fully saturated rings. The van der Waals surface area contributed by atoms with Crippen LogP contribution in [-0.2, 0) is 19.3 Å². The number of anilines is 1. The first-order chi connectivity index (χ1) is 13.6. The van der Waals surface area contributed by atoms with E-state index in [0.717, 1.165) is 55.5 Å². The molecule has 0 radical (unpaired) electrons. The molecule has 30 heavy (non-hydrogen) atoms. The Hall–Kier alpha value is -1.62. The van der Waals surface area contributed by atoms with Crippen molar-refractivity contribution in [2.24, 2.45) is 5.92 Å². The highest BCUT2D eigenvalue weighted by atomic mass is 35.5. The van der Waals surface area contributed by atoms with Gasteiger partial charge in [0.05, 0.1) is 14.2 Å². The van der Waals surface area contributed by atoms with E-state index in [4.69, 9.17) is 15.2 Å². The van der Waals surface area contributed by atoms with Gasteiger partial charge in [-0.15, -0.1) is 24.8 Å². The summed E-state index contributed by atoms with van der Waals surface area (Å²) in [5.41, 5.74) is 10.8. The van der Waals surface area contributed by atoms with Crippen molar-refractivity contribution in [3.05, 3.63) is 53.1 Å². The Morgan fingerprint density at radius 2 is 1.60 bits per heavy atom. The third-order valence-electron chi connectivity index (χ3n) is 5.95. The molecule has 3 rings (SSSR count). The van der Waals surface area contributed by atoms with Crippen molar-refractivity contribution in [2.75, 3.05) is 40.1 Å². The predicted molar refractivity (Wildman–Crippen MR) is 131 cm³/mol. The van der Waals surface area contributed by atoms with Crippen molar-refractivity contribution in [2.45, 2.75) is 38.5 Å². The number of halogens is 2. The van der Waals surface area contributed by atoms with Gasteiger partial charge in [0.25, 0.3) is 0 Å². The molecule has 4 nitrogen and oxygen atoms in total. The maximum atomic E-state index is 5.76. The maximum absolute atomic E-state index is 5.76. The molecule has 0 bridgehead atoms. The number of hydrogen-bond acceptors (Lipinski definition) is 4. The van der Waals surface area contributed by atoms with E-state index >= 15 is 0 Å². The Morgan fingerprint density at radius 1 is 0.967 bits per heavy atom. The van der Waals surface area contributed by atoms with E-state index in [0.29, 0.717) is 0 Å². The monoisotopic (exact) mass is 454 g/mol. The fourth-order valence-corrected chi connectivity index (χ4v) is 4.17. The molecule has 2 aromatic rings. The molecule has 0 heterocycles. The van der Waals surface area contributed by atoms with Gasteiger partial charge in [-0.25, -0.2) is 0 Å². The molecule has 2 aromatic carbocycles. The molecule has 1 aliphatic rings. The SMILES string of the molecule is COc1cc2c(cc1OC)CC(CCCN(C)CCc1ccc(N)cc1)CC2.Cl.Cl. The second kappa shape index (κ2) is 12.9. The molecule has 0 saturated heterocycles. The van der Waals surface area contributed by atoms with E-state index in [9.17, 15) is 0 Å². The van der Waals surface area contributed by atoms with Gasteiger partial charge in [0.2, 0.25) is 0 Å². The molecule has 6 heteroatoms. The van der Waals surface area contributed by atoms with E-state index in [1.54, 1.807) is 14.2 Å². The highest BCUT2D eigenvalue weighted by Gasteiger charge is 2.21. The van der Waals surface area contributed by atoms with Crippen LogP contribution in [0.25, 0.3) is 0 Å². The number of aryl methyl sites for hydroxylation is 1. The maximum Gasteiger partial charge on any atom is 0.161 e. The molecule has 168 valence electrons. The molecule has 2 N–H and O–H groups in total. The first-order valence-corrected chi connectivity index (χ1v) is 10.4. The quantitative estimate of drug-likeness (QED) is 0.529. The highest BCUT2D eigenvalue weighted by molar-refractivity contribution is 5.85. The summed E-state index contributed by atoms with van der Waals surface area (Å²) in [6.45, 7) is 2.25. The molecule has 0 aromatic heterocycles. The van der Waals surface area contributed by atoms with E-state index in [1.807, 2.05) is 12.1 Å². The van der Waals surface area contributed by atoms with Gasteiger partial charge < -0.3 is 20.1 Å². The lowest BCUT2D eigenvalue weighted by atomic mass is 9.81. The number of ether oxygens (including phenoxy) is 2. The van der Waals surface area contributed by atoms with E-state index in [2.05, 4.69) is 36.2 Å². The van der Waals surface area contributed by atoms with Crippen LogP contribution in [-0.4, -0.2) is 39.3 Å². The van der Waals surface area contributed by atoms with Crippen LogP contribution in [0.4, 0.5) is 5.69 Å². The summed E-state index contributed by atoms with van der Waals surface area (Å²) in [6.07, 6.45) is 7.20. The van der Waals surface area contributed by atoms with Crippen LogP contribution in [0.3, 0.4) is 0 Å². The van der Waals surface area contributed by atoms with Crippen LogP contribution in [0, 0.1) is 5.92 Å². The molecular formula is C24H36Cl2N2O2. The zero-order chi connectivity index (χ0) is 19.9. The minimum atomic E-state index is 0. The van der Waals surface area contributed by atoms with E-state index in [1.165, 1.54) is 36.0 Å². The molecule has 0 amide bonds. The third-order valence-corrected chi connectivity index (χ3v) is 5.95. The van der Waals surface area contributed by atoms with Crippen LogP contribution in [0.2, 0.25) is 0 Å². The van der Waals surface area contributed by atoms with Crippen LogP contribution >= 0.6 is 24.8 Å². The number of benzene rings is 2. The molecule has 0 saturated carbocycles. The number of nitrogens with zero attached hydrogens (tertiary/aromatic N) is 1. The summed E-state index contributed by atoms with van der Waals surface area (Å²) in [5.74, 6) is 2.47. The van der Waals surface area contributed by atoms with Crippen LogP contribution in [0.5, 0.6) is 11.5 Å². The van der Waals surface area contributed by atoms with Crippen molar-refractivity contribution in [3.63, 3.8) is 0 Å². The summed E-state index contributed by atoms with van der Waals surface area (Å²) >= 11 is 0. The summed E-state index contributed by atoms with van der Waals surface area (Å²) < 4.78 is 10.9. The number of methoxy groups -OCH3 is 2.